The predicted molar refractivity (Wildman–Crippen MR) is 81.5 cm³/mol. The standard InChI is InChI=1S/C15H33N3O/c1-13(2)11-18(9-8-17(4)5)14-6-7-15(10-14,12-19)16-3/h13-14,16,19H,6-12H2,1-5H3. The van der Waals surface area contributed by atoms with Crippen molar-refractivity contribution in [3.8, 4) is 0 Å². The summed E-state index contributed by atoms with van der Waals surface area (Å²) in [6, 6.07) is 0.613. The molecule has 1 fully saturated rings. The highest BCUT2D eigenvalue weighted by Crippen LogP contribution is 2.32. The molecule has 0 spiro atoms. The fraction of sp³-hybridized carbons (Fsp3) is 1.00. The lowest BCUT2D eigenvalue weighted by atomic mass is 9.98. The third-order valence-corrected chi connectivity index (χ3v) is 4.37. The van der Waals surface area contributed by atoms with Gasteiger partial charge in [-0.25, -0.2) is 0 Å². The average Bonchev–Trinajstić information content (AvgIpc) is 2.79. The third-order valence-electron chi connectivity index (χ3n) is 4.37. The molecule has 2 N–H and O–H groups in total. The van der Waals surface area contributed by atoms with E-state index in [0.29, 0.717) is 12.0 Å². The molecule has 4 heteroatoms. The molecule has 0 heterocycles. The van der Waals surface area contributed by atoms with Crippen LogP contribution in [0, 0.1) is 5.92 Å². The first kappa shape index (κ1) is 16.9. The minimum atomic E-state index is -0.0436. The number of likely N-dealkylation sites (N-methyl/N-ethyl adjacent to an activating group) is 2. The Labute approximate surface area is 119 Å². The van der Waals surface area contributed by atoms with Crippen LogP contribution >= 0.6 is 0 Å². The Hall–Kier alpha value is -0.160. The van der Waals surface area contributed by atoms with Crippen molar-refractivity contribution in [1.29, 1.82) is 0 Å². The Morgan fingerprint density at radius 2 is 2.00 bits per heavy atom. The quantitative estimate of drug-likeness (QED) is 0.691. The molecule has 0 bridgehead atoms. The molecule has 0 aromatic carbocycles. The maximum atomic E-state index is 9.63. The number of aliphatic hydroxyl groups excluding tert-OH is 1. The van der Waals surface area contributed by atoms with Gasteiger partial charge in [0.1, 0.15) is 0 Å². The summed E-state index contributed by atoms with van der Waals surface area (Å²) in [4.78, 5) is 4.87. The molecule has 0 radical (unpaired) electrons. The van der Waals surface area contributed by atoms with Crippen molar-refractivity contribution >= 4 is 0 Å². The van der Waals surface area contributed by atoms with Gasteiger partial charge in [-0.15, -0.1) is 0 Å². The van der Waals surface area contributed by atoms with Gasteiger partial charge >= 0.3 is 0 Å². The van der Waals surface area contributed by atoms with E-state index >= 15 is 0 Å². The summed E-state index contributed by atoms with van der Waals surface area (Å²) in [5.41, 5.74) is -0.0436. The van der Waals surface area contributed by atoms with Gasteiger partial charge in [-0.1, -0.05) is 13.8 Å². The minimum Gasteiger partial charge on any atom is -0.394 e. The second-order valence-electron chi connectivity index (χ2n) is 6.78. The van der Waals surface area contributed by atoms with Crippen LogP contribution in [0.5, 0.6) is 0 Å². The summed E-state index contributed by atoms with van der Waals surface area (Å²) in [5.74, 6) is 0.695. The molecule has 0 aliphatic heterocycles. The fourth-order valence-corrected chi connectivity index (χ4v) is 3.08. The number of nitrogens with zero attached hydrogens (tertiary/aromatic N) is 2. The number of nitrogens with one attached hydrogen (secondary N) is 1. The van der Waals surface area contributed by atoms with E-state index in [1.165, 1.54) is 6.42 Å². The van der Waals surface area contributed by atoms with Crippen LogP contribution in [0.3, 0.4) is 0 Å². The molecular formula is C15H33N3O. The average molecular weight is 271 g/mol. The predicted octanol–water partition coefficient (Wildman–Crippen LogP) is 1.01. The van der Waals surface area contributed by atoms with Crippen molar-refractivity contribution in [1.82, 2.24) is 15.1 Å². The molecule has 1 saturated carbocycles. The van der Waals surface area contributed by atoms with Gasteiger partial charge in [-0.05, 0) is 46.3 Å². The first-order valence-electron chi connectivity index (χ1n) is 7.61. The van der Waals surface area contributed by atoms with E-state index in [2.05, 4.69) is 43.1 Å². The first-order chi connectivity index (χ1) is 8.92. The molecule has 19 heavy (non-hydrogen) atoms. The first-order valence-corrected chi connectivity index (χ1v) is 7.61. The summed E-state index contributed by atoms with van der Waals surface area (Å²) >= 11 is 0. The maximum Gasteiger partial charge on any atom is 0.0613 e. The summed E-state index contributed by atoms with van der Waals surface area (Å²) in [6.45, 7) is 8.22. The number of hydrogen-bond acceptors (Lipinski definition) is 4. The summed E-state index contributed by atoms with van der Waals surface area (Å²) < 4.78 is 0. The molecule has 4 nitrogen and oxygen atoms in total. The van der Waals surface area contributed by atoms with Crippen LogP contribution in [0.15, 0.2) is 0 Å². The normalized spacial score (nSPS) is 27.9. The van der Waals surface area contributed by atoms with Gasteiger partial charge in [-0.2, -0.15) is 0 Å². The minimum absolute atomic E-state index is 0.0436. The zero-order valence-electron chi connectivity index (χ0n) is 13.4. The van der Waals surface area contributed by atoms with Crippen LogP contribution in [-0.2, 0) is 0 Å². The fourth-order valence-electron chi connectivity index (χ4n) is 3.08. The van der Waals surface area contributed by atoms with Crippen molar-refractivity contribution in [2.24, 2.45) is 5.92 Å². The zero-order chi connectivity index (χ0) is 14.5. The second kappa shape index (κ2) is 7.58. The van der Waals surface area contributed by atoms with Gasteiger partial charge in [-0.3, -0.25) is 4.90 Å². The second-order valence-corrected chi connectivity index (χ2v) is 6.78. The Balaban J connectivity index is 2.60. The highest BCUT2D eigenvalue weighted by molar-refractivity contribution is 4.98. The monoisotopic (exact) mass is 271 g/mol. The Morgan fingerprint density at radius 1 is 1.32 bits per heavy atom. The summed E-state index contributed by atoms with van der Waals surface area (Å²) in [7, 11) is 6.24. The molecule has 0 aromatic heterocycles. The van der Waals surface area contributed by atoms with Crippen LogP contribution in [0.25, 0.3) is 0 Å². The molecule has 2 atom stereocenters. The van der Waals surface area contributed by atoms with E-state index in [-0.39, 0.29) is 12.1 Å². The Kier molecular flexibility index (Phi) is 6.74. The van der Waals surface area contributed by atoms with E-state index in [1.807, 2.05) is 7.05 Å². The van der Waals surface area contributed by atoms with Gasteiger partial charge in [0.2, 0.25) is 0 Å². The zero-order valence-corrected chi connectivity index (χ0v) is 13.4. The number of hydrogen-bond donors (Lipinski definition) is 2. The smallest absolute Gasteiger partial charge is 0.0613 e. The largest absolute Gasteiger partial charge is 0.394 e. The summed E-state index contributed by atoms with van der Waals surface area (Å²) in [5, 5.41) is 13.0. The van der Waals surface area contributed by atoms with Crippen LogP contribution in [0.1, 0.15) is 33.1 Å². The number of rotatable bonds is 8. The van der Waals surface area contributed by atoms with Crippen molar-refractivity contribution in [2.45, 2.75) is 44.7 Å². The van der Waals surface area contributed by atoms with E-state index in [1.54, 1.807) is 0 Å². The third kappa shape index (κ3) is 5.03. The van der Waals surface area contributed by atoms with E-state index in [0.717, 1.165) is 32.5 Å². The van der Waals surface area contributed by atoms with Gasteiger partial charge in [0.25, 0.3) is 0 Å². The topological polar surface area (TPSA) is 38.7 Å². The molecule has 114 valence electrons. The molecule has 0 amide bonds. The van der Waals surface area contributed by atoms with Crippen LogP contribution in [0.4, 0.5) is 0 Å². The molecule has 0 saturated heterocycles. The molecular weight excluding hydrogens is 238 g/mol. The lowest BCUT2D eigenvalue weighted by Crippen LogP contribution is -2.47. The van der Waals surface area contributed by atoms with Crippen LogP contribution < -0.4 is 5.32 Å². The molecule has 1 rings (SSSR count). The van der Waals surface area contributed by atoms with Gasteiger partial charge in [0.15, 0.2) is 0 Å². The van der Waals surface area contributed by atoms with Gasteiger partial charge < -0.3 is 15.3 Å². The molecule has 1 aliphatic carbocycles. The van der Waals surface area contributed by atoms with Crippen molar-refractivity contribution in [2.75, 3.05) is 47.4 Å². The van der Waals surface area contributed by atoms with E-state index in [4.69, 9.17) is 0 Å². The lowest BCUT2D eigenvalue weighted by Gasteiger charge is -2.33. The van der Waals surface area contributed by atoms with Crippen LogP contribution in [0.2, 0.25) is 0 Å². The summed E-state index contributed by atoms with van der Waals surface area (Å²) in [6.07, 6.45) is 3.35. The maximum absolute atomic E-state index is 9.63. The van der Waals surface area contributed by atoms with Gasteiger partial charge in [0.05, 0.1) is 6.61 Å². The molecule has 0 aromatic rings. The Bertz CT molecular complexity index is 252. The lowest BCUT2D eigenvalue weighted by molar-refractivity contribution is 0.134. The highest BCUT2D eigenvalue weighted by Gasteiger charge is 2.39. The number of aliphatic hydroxyl groups is 1. The van der Waals surface area contributed by atoms with Crippen molar-refractivity contribution in [3.05, 3.63) is 0 Å². The molecule has 2 unspecified atom stereocenters. The van der Waals surface area contributed by atoms with Crippen molar-refractivity contribution < 1.29 is 5.11 Å². The van der Waals surface area contributed by atoms with E-state index in [9.17, 15) is 5.11 Å². The van der Waals surface area contributed by atoms with Gasteiger partial charge in [0, 0.05) is 31.2 Å². The van der Waals surface area contributed by atoms with E-state index < -0.39 is 0 Å². The molecule has 1 aliphatic rings. The Morgan fingerprint density at radius 3 is 2.42 bits per heavy atom. The van der Waals surface area contributed by atoms with Crippen LogP contribution in [-0.4, -0.2) is 73.9 Å². The highest BCUT2D eigenvalue weighted by atomic mass is 16.3. The SMILES string of the molecule is CNC1(CO)CCC(N(CCN(C)C)CC(C)C)C1. The van der Waals surface area contributed by atoms with Crippen molar-refractivity contribution in [3.63, 3.8) is 0 Å².